The lowest BCUT2D eigenvalue weighted by Gasteiger charge is -2.06. The lowest BCUT2D eigenvalue weighted by atomic mass is 10.3. The Morgan fingerprint density at radius 2 is 2.31 bits per heavy atom. The molecular weight excluding hydrogens is 186 g/mol. The fourth-order valence-electron chi connectivity index (χ4n) is 1.12. The predicted octanol–water partition coefficient (Wildman–Crippen LogP) is 0.853. The van der Waals surface area contributed by atoms with Crippen molar-refractivity contribution in [3.8, 4) is 0 Å². The van der Waals surface area contributed by atoms with E-state index in [0.717, 1.165) is 6.54 Å². The molecule has 1 N–H and O–H groups in total. The first-order chi connectivity index (χ1) is 5.99. The maximum absolute atomic E-state index is 11.0. The number of hydrogen-bond acceptors (Lipinski definition) is 3. The first kappa shape index (κ1) is 10.5. The smallest absolute Gasteiger partial charge is 0.173 e. The summed E-state index contributed by atoms with van der Waals surface area (Å²) in [6.07, 6.45) is 3.74. The molecule has 0 fully saturated rings. The van der Waals surface area contributed by atoms with Crippen molar-refractivity contribution in [2.24, 2.45) is 0 Å². The number of hydrogen-bond donors (Lipinski definition) is 1. The van der Waals surface area contributed by atoms with Crippen LogP contribution in [-0.2, 0) is 9.84 Å². The summed E-state index contributed by atoms with van der Waals surface area (Å²) in [7, 11) is -2.91. The van der Waals surface area contributed by atoms with Gasteiger partial charge in [-0.1, -0.05) is 17.7 Å². The Labute approximate surface area is 79.4 Å². The molecule has 0 amide bonds. The Kier molecular flexibility index (Phi) is 3.27. The van der Waals surface area contributed by atoms with Crippen LogP contribution >= 0.6 is 0 Å². The average molecular weight is 201 g/mol. The third-order valence-electron chi connectivity index (χ3n) is 1.82. The van der Waals surface area contributed by atoms with Gasteiger partial charge in [0.2, 0.25) is 0 Å². The molecule has 0 aromatic carbocycles. The van der Waals surface area contributed by atoms with Crippen LogP contribution in [0.25, 0.3) is 0 Å². The van der Waals surface area contributed by atoms with E-state index in [0.29, 0.717) is 0 Å². The SMILES string of the molecule is CC(C)=CCNC1C=CS(=O)(=O)C1. The molecule has 0 radical (unpaired) electrons. The highest BCUT2D eigenvalue weighted by atomic mass is 32.2. The van der Waals surface area contributed by atoms with Crippen LogP contribution in [0.1, 0.15) is 13.8 Å². The highest BCUT2D eigenvalue weighted by Gasteiger charge is 2.20. The largest absolute Gasteiger partial charge is 0.306 e. The zero-order valence-electron chi connectivity index (χ0n) is 7.95. The minimum Gasteiger partial charge on any atom is -0.306 e. The third-order valence-corrected chi connectivity index (χ3v) is 3.22. The molecule has 1 aliphatic rings. The predicted molar refractivity (Wildman–Crippen MR) is 54.1 cm³/mol. The molecule has 0 spiro atoms. The Bertz CT molecular complexity index is 324. The van der Waals surface area contributed by atoms with E-state index in [1.54, 1.807) is 6.08 Å². The van der Waals surface area contributed by atoms with Gasteiger partial charge in [0.15, 0.2) is 9.84 Å². The molecule has 0 aromatic rings. The molecule has 1 rings (SSSR count). The van der Waals surface area contributed by atoms with Gasteiger partial charge in [-0.3, -0.25) is 0 Å². The highest BCUT2D eigenvalue weighted by Crippen LogP contribution is 2.07. The molecule has 1 unspecified atom stereocenters. The van der Waals surface area contributed by atoms with Crippen LogP contribution in [0.5, 0.6) is 0 Å². The van der Waals surface area contributed by atoms with Crippen molar-refractivity contribution < 1.29 is 8.42 Å². The van der Waals surface area contributed by atoms with Gasteiger partial charge < -0.3 is 5.32 Å². The minimum absolute atomic E-state index is 0.0133. The van der Waals surface area contributed by atoms with Crippen LogP contribution in [0.4, 0.5) is 0 Å². The number of allylic oxidation sites excluding steroid dienone is 1. The van der Waals surface area contributed by atoms with Crippen molar-refractivity contribution in [2.45, 2.75) is 19.9 Å². The summed E-state index contributed by atoms with van der Waals surface area (Å²) in [4.78, 5) is 0. The van der Waals surface area contributed by atoms with E-state index in [4.69, 9.17) is 0 Å². The molecule has 0 aliphatic carbocycles. The van der Waals surface area contributed by atoms with Gasteiger partial charge in [-0.05, 0) is 13.8 Å². The zero-order valence-corrected chi connectivity index (χ0v) is 8.76. The fraction of sp³-hybridized carbons (Fsp3) is 0.556. The normalized spacial score (nSPS) is 24.6. The summed E-state index contributed by atoms with van der Waals surface area (Å²) in [5.41, 5.74) is 1.23. The summed E-state index contributed by atoms with van der Waals surface area (Å²) in [6.45, 7) is 4.76. The maximum Gasteiger partial charge on any atom is 0.173 e. The standard InChI is InChI=1S/C9H15NO2S/c1-8(2)3-5-10-9-4-6-13(11,12)7-9/h3-4,6,9-10H,5,7H2,1-2H3. The van der Waals surface area contributed by atoms with Crippen molar-refractivity contribution >= 4 is 9.84 Å². The van der Waals surface area contributed by atoms with E-state index in [1.165, 1.54) is 11.0 Å². The molecule has 4 heteroatoms. The van der Waals surface area contributed by atoms with Crippen LogP contribution in [-0.4, -0.2) is 26.8 Å². The van der Waals surface area contributed by atoms with Gasteiger partial charge in [0.05, 0.1) is 5.75 Å². The second-order valence-electron chi connectivity index (χ2n) is 3.45. The van der Waals surface area contributed by atoms with Crippen molar-refractivity contribution in [1.29, 1.82) is 0 Å². The Balaban J connectivity index is 2.35. The Morgan fingerprint density at radius 1 is 1.62 bits per heavy atom. The summed E-state index contributed by atoms with van der Waals surface area (Å²) < 4.78 is 22.0. The molecule has 0 aromatic heterocycles. The van der Waals surface area contributed by atoms with Crippen molar-refractivity contribution in [3.63, 3.8) is 0 Å². The van der Waals surface area contributed by atoms with Crippen LogP contribution < -0.4 is 5.32 Å². The van der Waals surface area contributed by atoms with Crippen LogP contribution in [0, 0.1) is 0 Å². The van der Waals surface area contributed by atoms with Crippen molar-refractivity contribution in [1.82, 2.24) is 5.32 Å². The summed E-state index contributed by atoms with van der Waals surface area (Å²) in [6, 6.07) is -0.0133. The molecule has 0 saturated carbocycles. The second-order valence-corrected chi connectivity index (χ2v) is 5.39. The first-order valence-electron chi connectivity index (χ1n) is 4.27. The van der Waals surface area contributed by atoms with Crippen molar-refractivity contribution in [3.05, 3.63) is 23.1 Å². The zero-order chi connectivity index (χ0) is 9.90. The monoisotopic (exact) mass is 201 g/mol. The molecule has 3 nitrogen and oxygen atoms in total. The van der Waals surface area contributed by atoms with Crippen LogP contribution in [0.15, 0.2) is 23.1 Å². The highest BCUT2D eigenvalue weighted by molar-refractivity contribution is 7.94. The molecule has 0 saturated heterocycles. The van der Waals surface area contributed by atoms with Gasteiger partial charge in [0.25, 0.3) is 0 Å². The van der Waals surface area contributed by atoms with E-state index >= 15 is 0 Å². The summed E-state index contributed by atoms with van der Waals surface area (Å²) in [5.74, 6) is 0.198. The number of nitrogens with one attached hydrogen (secondary N) is 1. The lowest BCUT2D eigenvalue weighted by Crippen LogP contribution is -2.30. The minimum atomic E-state index is -2.91. The molecule has 74 valence electrons. The van der Waals surface area contributed by atoms with Gasteiger partial charge >= 0.3 is 0 Å². The molecule has 1 aliphatic heterocycles. The Hall–Kier alpha value is -0.610. The van der Waals surface area contributed by atoms with E-state index in [-0.39, 0.29) is 11.8 Å². The second kappa shape index (κ2) is 4.07. The third kappa shape index (κ3) is 3.74. The van der Waals surface area contributed by atoms with Gasteiger partial charge in [0.1, 0.15) is 0 Å². The van der Waals surface area contributed by atoms with Crippen molar-refractivity contribution in [2.75, 3.05) is 12.3 Å². The maximum atomic E-state index is 11.0. The van der Waals surface area contributed by atoms with Crippen LogP contribution in [0.3, 0.4) is 0 Å². The van der Waals surface area contributed by atoms with E-state index in [2.05, 4.69) is 5.32 Å². The average Bonchev–Trinajstić information content (AvgIpc) is 2.29. The van der Waals surface area contributed by atoms with E-state index in [9.17, 15) is 8.42 Å². The van der Waals surface area contributed by atoms with Gasteiger partial charge in [-0.25, -0.2) is 8.42 Å². The molecule has 13 heavy (non-hydrogen) atoms. The van der Waals surface area contributed by atoms with Gasteiger partial charge in [0, 0.05) is 18.0 Å². The topological polar surface area (TPSA) is 46.2 Å². The van der Waals surface area contributed by atoms with Gasteiger partial charge in [-0.15, -0.1) is 0 Å². The molecule has 1 atom stereocenters. The summed E-state index contributed by atoms with van der Waals surface area (Å²) in [5, 5.41) is 4.41. The molecule has 1 heterocycles. The lowest BCUT2D eigenvalue weighted by molar-refractivity contribution is 0.597. The number of sulfone groups is 1. The van der Waals surface area contributed by atoms with E-state index < -0.39 is 9.84 Å². The Morgan fingerprint density at radius 3 is 2.77 bits per heavy atom. The quantitative estimate of drug-likeness (QED) is 0.689. The van der Waals surface area contributed by atoms with Gasteiger partial charge in [-0.2, -0.15) is 0 Å². The first-order valence-corrected chi connectivity index (χ1v) is 5.99. The van der Waals surface area contributed by atoms with E-state index in [1.807, 2.05) is 19.9 Å². The fourth-order valence-corrected chi connectivity index (χ4v) is 2.39. The molecule has 0 bridgehead atoms. The number of rotatable bonds is 3. The molecular formula is C9H15NO2S. The van der Waals surface area contributed by atoms with Crippen LogP contribution in [0.2, 0.25) is 0 Å². The summed E-state index contributed by atoms with van der Waals surface area (Å²) >= 11 is 0.